The third kappa shape index (κ3) is 4.83. The number of carbonyl (C=O) groups is 1. The van der Waals surface area contributed by atoms with Crippen molar-refractivity contribution in [2.45, 2.75) is 25.7 Å². The highest BCUT2D eigenvalue weighted by Crippen LogP contribution is 2.34. The van der Waals surface area contributed by atoms with Gasteiger partial charge in [0.15, 0.2) is 17.3 Å². The van der Waals surface area contributed by atoms with Crippen LogP contribution in [0.2, 0.25) is 0 Å². The van der Waals surface area contributed by atoms with Crippen LogP contribution in [0, 0.1) is 0 Å². The Kier molecular flexibility index (Phi) is 6.03. The number of H-pyrrole nitrogens is 1. The third-order valence-corrected chi connectivity index (χ3v) is 4.81. The van der Waals surface area contributed by atoms with Crippen molar-refractivity contribution in [3.63, 3.8) is 0 Å². The number of aryl methyl sites for hydroxylation is 2. The molecule has 2 heterocycles. The number of fused-ring (bicyclic) bond motifs is 1. The number of nitrogens with one attached hydrogen (secondary N) is 2. The number of rotatable bonds is 8. The van der Waals surface area contributed by atoms with E-state index in [1.54, 1.807) is 18.2 Å². The van der Waals surface area contributed by atoms with Gasteiger partial charge in [-0.15, -0.1) is 10.2 Å². The zero-order valence-electron chi connectivity index (χ0n) is 16.4. The quantitative estimate of drug-likeness (QED) is 0.556. The van der Waals surface area contributed by atoms with E-state index in [0.29, 0.717) is 29.4 Å². The Morgan fingerprint density at radius 2 is 1.87 bits per heavy atom. The van der Waals surface area contributed by atoms with E-state index in [2.05, 4.69) is 32.6 Å². The highest BCUT2D eigenvalue weighted by atomic mass is 16.7. The smallest absolute Gasteiger partial charge is 0.273 e. The number of hydrogen-bond donors (Lipinski definition) is 2. The van der Waals surface area contributed by atoms with Crippen molar-refractivity contribution in [1.82, 2.24) is 20.5 Å². The summed E-state index contributed by atoms with van der Waals surface area (Å²) in [7, 11) is 0. The molecule has 4 rings (SSSR count). The molecule has 0 fully saturated rings. The van der Waals surface area contributed by atoms with E-state index in [4.69, 9.17) is 9.47 Å². The Hall–Kier alpha value is -3.68. The first kappa shape index (κ1) is 19.6. The minimum absolute atomic E-state index is 0.107. The van der Waals surface area contributed by atoms with Gasteiger partial charge in [-0.25, -0.2) is 0 Å². The standard InChI is InChI=1S/C22H22N4O4/c27-20(23-12-4-7-15-5-2-1-3-6-15)11-9-17-22(28)24-21(26-25-17)16-8-10-18-19(13-16)30-14-29-18/h1-3,5-6,8,10,13H,4,7,9,11-12,14H2,(H,23,27)(H,24,26,28). The van der Waals surface area contributed by atoms with E-state index >= 15 is 0 Å². The summed E-state index contributed by atoms with van der Waals surface area (Å²) in [4.78, 5) is 27.1. The molecule has 0 bridgehead atoms. The molecule has 30 heavy (non-hydrogen) atoms. The summed E-state index contributed by atoms with van der Waals surface area (Å²) < 4.78 is 10.6. The molecule has 1 amide bonds. The van der Waals surface area contributed by atoms with Gasteiger partial charge in [0.05, 0.1) is 0 Å². The molecule has 0 saturated heterocycles. The number of aromatic nitrogens is 3. The predicted octanol–water partition coefficient (Wildman–Crippen LogP) is 2.24. The van der Waals surface area contributed by atoms with E-state index in [1.165, 1.54) is 5.56 Å². The monoisotopic (exact) mass is 406 g/mol. The molecule has 1 aromatic heterocycles. The second kappa shape index (κ2) is 9.21. The minimum atomic E-state index is -0.352. The first-order valence-electron chi connectivity index (χ1n) is 9.85. The molecule has 0 radical (unpaired) electrons. The summed E-state index contributed by atoms with van der Waals surface area (Å²) in [6, 6.07) is 15.4. The molecular weight excluding hydrogens is 384 g/mol. The molecular formula is C22H22N4O4. The van der Waals surface area contributed by atoms with Gasteiger partial charge in [0.25, 0.3) is 5.56 Å². The van der Waals surface area contributed by atoms with Crippen LogP contribution in [0.25, 0.3) is 11.4 Å². The summed E-state index contributed by atoms with van der Waals surface area (Å²) in [6.45, 7) is 0.771. The second-order valence-corrected chi connectivity index (χ2v) is 6.96. The van der Waals surface area contributed by atoms with Gasteiger partial charge in [-0.1, -0.05) is 30.3 Å². The molecule has 1 aliphatic heterocycles. The van der Waals surface area contributed by atoms with Crippen molar-refractivity contribution in [2.24, 2.45) is 0 Å². The Labute approximate surface area is 173 Å². The predicted molar refractivity (Wildman–Crippen MR) is 110 cm³/mol. The van der Waals surface area contributed by atoms with E-state index < -0.39 is 0 Å². The largest absolute Gasteiger partial charge is 0.454 e. The molecule has 8 heteroatoms. The molecule has 2 aromatic carbocycles. The first-order valence-corrected chi connectivity index (χ1v) is 9.85. The summed E-state index contributed by atoms with van der Waals surface area (Å²) in [5.74, 6) is 1.49. The maximum atomic E-state index is 12.3. The SMILES string of the molecule is O=C(CCc1nnc(-c2ccc3c(c2)OCO3)[nH]c1=O)NCCCc1ccccc1. The van der Waals surface area contributed by atoms with Gasteiger partial charge in [0, 0.05) is 24.9 Å². The number of hydrogen-bond acceptors (Lipinski definition) is 6. The van der Waals surface area contributed by atoms with Crippen LogP contribution in [-0.4, -0.2) is 34.4 Å². The van der Waals surface area contributed by atoms with Crippen LogP contribution in [0.4, 0.5) is 0 Å². The molecule has 0 atom stereocenters. The molecule has 8 nitrogen and oxygen atoms in total. The van der Waals surface area contributed by atoms with Crippen LogP contribution in [0.15, 0.2) is 53.3 Å². The maximum Gasteiger partial charge on any atom is 0.273 e. The zero-order valence-corrected chi connectivity index (χ0v) is 16.4. The van der Waals surface area contributed by atoms with Gasteiger partial charge in [0.1, 0.15) is 5.69 Å². The van der Waals surface area contributed by atoms with Crippen molar-refractivity contribution in [2.75, 3.05) is 13.3 Å². The molecule has 154 valence electrons. The van der Waals surface area contributed by atoms with Crippen LogP contribution in [0.1, 0.15) is 24.1 Å². The van der Waals surface area contributed by atoms with Gasteiger partial charge in [-0.05, 0) is 36.6 Å². The average Bonchev–Trinajstić information content (AvgIpc) is 3.24. The summed E-state index contributed by atoms with van der Waals surface area (Å²) in [6.07, 6.45) is 2.19. The topological polar surface area (TPSA) is 106 Å². The molecule has 1 aliphatic rings. The minimum Gasteiger partial charge on any atom is -0.454 e. The van der Waals surface area contributed by atoms with Crippen LogP contribution in [0.5, 0.6) is 11.5 Å². The summed E-state index contributed by atoms with van der Waals surface area (Å²) in [5, 5.41) is 11.0. The lowest BCUT2D eigenvalue weighted by Crippen LogP contribution is -2.26. The van der Waals surface area contributed by atoms with E-state index in [1.807, 2.05) is 18.2 Å². The fourth-order valence-electron chi connectivity index (χ4n) is 3.18. The third-order valence-electron chi connectivity index (χ3n) is 4.81. The van der Waals surface area contributed by atoms with Gasteiger partial charge in [0.2, 0.25) is 12.7 Å². The van der Waals surface area contributed by atoms with Crippen molar-refractivity contribution in [3.05, 3.63) is 70.1 Å². The number of amides is 1. The number of aromatic amines is 1. The van der Waals surface area contributed by atoms with Crippen LogP contribution >= 0.6 is 0 Å². The van der Waals surface area contributed by atoms with Crippen LogP contribution < -0.4 is 20.3 Å². The number of benzene rings is 2. The number of ether oxygens (including phenoxy) is 2. The molecule has 2 N–H and O–H groups in total. The highest BCUT2D eigenvalue weighted by molar-refractivity contribution is 5.76. The van der Waals surface area contributed by atoms with Crippen molar-refractivity contribution in [3.8, 4) is 22.9 Å². The molecule has 0 spiro atoms. The molecule has 0 aliphatic carbocycles. The van der Waals surface area contributed by atoms with Crippen molar-refractivity contribution < 1.29 is 14.3 Å². The zero-order chi connectivity index (χ0) is 20.8. The van der Waals surface area contributed by atoms with Gasteiger partial charge >= 0.3 is 0 Å². The molecule has 0 unspecified atom stereocenters. The van der Waals surface area contributed by atoms with E-state index in [0.717, 1.165) is 12.8 Å². The van der Waals surface area contributed by atoms with Gasteiger partial charge in [-0.2, -0.15) is 0 Å². The molecule has 3 aromatic rings. The lowest BCUT2D eigenvalue weighted by atomic mass is 10.1. The van der Waals surface area contributed by atoms with Crippen molar-refractivity contribution in [1.29, 1.82) is 0 Å². The van der Waals surface area contributed by atoms with Gasteiger partial charge in [-0.3, -0.25) is 9.59 Å². The normalized spacial score (nSPS) is 12.0. The lowest BCUT2D eigenvalue weighted by Gasteiger charge is -2.06. The van der Waals surface area contributed by atoms with E-state index in [-0.39, 0.29) is 36.8 Å². The number of carbonyl (C=O) groups excluding carboxylic acids is 1. The summed E-state index contributed by atoms with van der Waals surface area (Å²) in [5.41, 5.74) is 1.80. The first-order chi connectivity index (χ1) is 14.7. The summed E-state index contributed by atoms with van der Waals surface area (Å²) >= 11 is 0. The average molecular weight is 406 g/mol. The maximum absolute atomic E-state index is 12.3. The Morgan fingerprint density at radius 1 is 1.03 bits per heavy atom. The second-order valence-electron chi connectivity index (χ2n) is 6.96. The van der Waals surface area contributed by atoms with Crippen LogP contribution in [-0.2, 0) is 17.6 Å². The highest BCUT2D eigenvalue weighted by Gasteiger charge is 2.15. The van der Waals surface area contributed by atoms with E-state index in [9.17, 15) is 9.59 Å². The van der Waals surface area contributed by atoms with Crippen molar-refractivity contribution >= 4 is 5.91 Å². The lowest BCUT2D eigenvalue weighted by molar-refractivity contribution is -0.121. The Bertz CT molecular complexity index is 1080. The number of nitrogens with zero attached hydrogens (tertiary/aromatic N) is 2. The molecule has 0 saturated carbocycles. The van der Waals surface area contributed by atoms with Crippen LogP contribution in [0.3, 0.4) is 0 Å². The Morgan fingerprint density at radius 3 is 2.70 bits per heavy atom. The fourth-order valence-corrected chi connectivity index (χ4v) is 3.18. The fraction of sp³-hybridized carbons (Fsp3) is 0.273. The van der Waals surface area contributed by atoms with Gasteiger partial charge < -0.3 is 19.8 Å². The Balaban J connectivity index is 1.26.